The Kier molecular flexibility index (Phi) is 4.17. The zero-order valence-electron chi connectivity index (χ0n) is 10.7. The maximum atomic E-state index is 4.64. The molecule has 2 atom stereocenters. The number of aliphatic imine (C=N–C) groups is 1. The molecule has 0 amide bonds. The van der Waals surface area contributed by atoms with Crippen LogP contribution < -0.4 is 5.32 Å². The zero-order valence-corrected chi connectivity index (χ0v) is 11.5. The SMILES string of the molecule is CCC(CC)C(C)NC1=NCC(C2CC2)S1. The Morgan fingerprint density at radius 3 is 2.62 bits per heavy atom. The number of nitrogens with zero attached hydrogens (tertiary/aromatic N) is 1. The van der Waals surface area contributed by atoms with Crippen molar-refractivity contribution >= 4 is 16.9 Å². The molecule has 0 aromatic carbocycles. The normalized spacial score (nSPS) is 27.0. The Labute approximate surface area is 104 Å². The maximum absolute atomic E-state index is 4.64. The van der Waals surface area contributed by atoms with Gasteiger partial charge >= 0.3 is 0 Å². The van der Waals surface area contributed by atoms with E-state index in [-0.39, 0.29) is 0 Å². The van der Waals surface area contributed by atoms with Crippen molar-refractivity contribution in [3.05, 3.63) is 0 Å². The molecule has 2 rings (SSSR count). The van der Waals surface area contributed by atoms with Crippen LogP contribution in [-0.2, 0) is 0 Å². The number of thioether (sulfide) groups is 1. The van der Waals surface area contributed by atoms with Gasteiger partial charge in [0.25, 0.3) is 0 Å². The molecule has 1 aliphatic heterocycles. The highest BCUT2D eigenvalue weighted by atomic mass is 32.2. The smallest absolute Gasteiger partial charge is 0.157 e. The molecule has 92 valence electrons. The lowest BCUT2D eigenvalue weighted by Gasteiger charge is -2.23. The summed E-state index contributed by atoms with van der Waals surface area (Å²) in [6, 6.07) is 0.569. The van der Waals surface area contributed by atoms with Crippen molar-refractivity contribution in [2.45, 2.75) is 57.7 Å². The Hall–Kier alpha value is -0.180. The summed E-state index contributed by atoms with van der Waals surface area (Å²) in [4.78, 5) is 4.64. The molecular weight excluding hydrogens is 216 g/mol. The first-order valence-electron chi connectivity index (χ1n) is 6.72. The largest absolute Gasteiger partial charge is 0.362 e. The Bertz CT molecular complexity index is 257. The molecule has 0 saturated heterocycles. The fourth-order valence-electron chi connectivity index (χ4n) is 2.49. The van der Waals surface area contributed by atoms with Crippen LogP contribution in [0.2, 0.25) is 0 Å². The van der Waals surface area contributed by atoms with Gasteiger partial charge in [-0.25, -0.2) is 0 Å². The van der Waals surface area contributed by atoms with Gasteiger partial charge in [0.15, 0.2) is 5.17 Å². The van der Waals surface area contributed by atoms with E-state index in [2.05, 4.69) is 31.1 Å². The molecule has 16 heavy (non-hydrogen) atoms. The summed E-state index contributed by atoms with van der Waals surface area (Å²) >= 11 is 1.99. The highest BCUT2D eigenvalue weighted by Crippen LogP contribution is 2.41. The zero-order chi connectivity index (χ0) is 11.5. The van der Waals surface area contributed by atoms with Gasteiger partial charge in [-0.15, -0.1) is 0 Å². The molecular formula is C13H24N2S. The highest BCUT2D eigenvalue weighted by Gasteiger charge is 2.35. The molecule has 0 bridgehead atoms. The quantitative estimate of drug-likeness (QED) is 0.797. The molecule has 1 fully saturated rings. The Morgan fingerprint density at radius 2 is 2.06 bits per heavy atom. The molecule has 1 aliphatic carbocycles. The maximum Gasteiger partial charge on any atom is 0.157 e. The predicted molar refractivity (Wildman–Crippen MR) is 73.1 cm³/mol. The monoisotopic (exact) mass is 240 g/mol. The summed E-state index contributed by atoms with van der Waals surface area (Å²) in [5, 5.41) is 5.60. The first kappa shape index (κ1) is 12.3. The summed E-state index contributed by atoms with van der Waals surface area (Å²) in [6.45, 7) is 7.91. The van der Waals surface area contributed by atoms with Crippen LogP contribution in [0.25, 0.3) is 0 Å². The fraction of sp³-hybridized carbons (Fsp3) is 0.923. The summed E-state index contributed by atoms with van der Waals surface area (Å²) < 4.78 is 0. The van der Waals surface area contributed by atoms with Crippen molar-refractivity contribution in [2.24, 2.45) is 16.8 Å². The van der Waals surface area contributed by atoms with E-state index >= 15 is 0 Å². The second kappa shape index (κ2) is 5.44. The van der Waals surface area contributed by atoms with Gasteiger partial charge < -0.3 is 5.32 Å². The topological polar surface area (TPSA) is 24.4 Å². The van der Waals surface area contributed by atoms with Crippen molar-refractivity contribution in [1.29, 1.82) is 0 Å². The van der Waals surface area contributed by atoms with Crippen LogP contribution in [0.4, 0.5) is 0 Å². The van der Waals surface area contributed by atoms with Crippen molar-refractivity contribution < 1.29 is 0 Å². The fourth-order valence-corrected chi connectivity index (χ4v) is 3.80. The van der Waals surface area contributed by atoms with Gasteiger partial charge in [-0.05, 0) is 31.6 Å². The van der Waals surface area contributed by atoms with Crippen LogP contribution in [0.5, 0.6) is 0 Å². The molecule has 1 saturated carbocycles. The summed E-state index contributed by atoms with van der Waals surface area (Å²) in [7, 11) is 0. The van der Waals surface area contributed by atoms with E-state index in [1.54, 1.807) is 0 Å². The van der Waals surface area contributed by atoms with E-state index in [1.165, 1.54) is 30.9 Å². The molecule has 1 N–H and O–H groups in total. The Morgan fingerprint density at radius 1 is 1.38 bits per heavy atom. The lowest BCUT2D eigenvalue weighted by atomic mass is 9.96. The lowest BCUT2D eigenvalue weighted by Crippen LogP contribution is -2.36. The predicted octanol–water partition coefficient (Wildman–Crippen LogP) is 3.28. The minimum absolute atomic E-state index is 0.569. The second-order valence-corrected chi connectivity index (χ2v) is 6.38. The van der Waals surface area contributed by atoms with E-state index < -0.39 is 0 Å². The van der Waals surface area contributed by atoms with Gasteiger partial charge in [0, 0.05) is 11.3 Å². The minimum Gasteiger partial charge on any atom is -0.362 e. The van der Waals surface area contributed by atoms with Crippen LogP contribution in [-0.4, -0.2) is 23.0 Å². The summed E-state index contributed by atoms with van der Waals surface area (Å²) in [5.41, 5.74) is 0. The van der Waals surface area contributed by atoms with Gasteiger partial charge in [-0.3, -0.25) is 4.99 Å². The van der Waals surface area contributed by atoms with E-state index in [0.717, 1.165) is 23.6 Å². The van der Waals surface area contributed by atoms with Crippen LogP contribution in [0, 0.1) is 11.8 Å². The van der Waals surface area contributed by atoms with Gasteiger partial charge in [-0.1, -0.05) is 38.5 Å². The average Bonchev–Trinajstić information content (AvgIpc) is 3.02. The van der Waals surface area contributed by atoms with Crippen molar-refractivity contribution in [1.82, 2.24) is 5.32 Å². The first-order valence-corrected chi connectivity index (χ1v) is 7.60. The molecule has 0 radical (unpaired) electrons. The minimum atomic E-state index is 0.569. The molecule has 1 heterocycles. The van der Waals surface area contributed by atoms with E-state index in [1.807, 2.05) is 11.8 Å². The van der Waals surface area contributed by atoms with Crippen LogP contribution in [0.1, 0.15) is 46.5 Å². The standard InChI is InChI=1S/C13H24N2S/c1-4-10(5-2)9(3)15-13-14-8-12(16-13)11-6-7-11/h9-12H,4-8H2,1-3H3,(H,14,15). The molecule has 0 spiro atoms. The molecule has 2 nitrogen and oxygen atoms in total. The molecule has 3 heteroatoms. The third-order valence-corrected chi connectivity index (χ3v) is 5.24. The van der Waals surface area contributed by atoms with Crippen LogP contribution in [0.3, 0.4) is 0 Å². The summed E-state index contributed by atoms with van der Waals surface area (Å²) in [6.07, 6.45) is 5.38. The second-order valence-electron chi connectivity index (χ2n) is 5.15. The summed E-state index contributed by atoms with van der Waals surface area (Å²) in [5.74, 6) is 1.75. The van der Waals surface area contributed by atoms with Crippen molar-refractivity contribution in [3.8, 4) is 0 Å². The molecule has 2 unspecified atom stereocenters. The van der Waals surface area contributed by atoms with Crippen molar-refractivity contribution in [2.75, 3.05) is 6.54 Å². The van der Waals surface area contributed by atoms with Crippen LogP contribution in [0.15, 0.2) is 4.99 Å². The molecule has 2 aliphatic rings. The lowest BCUT2D eigenvalue weighted by molar-refractivity contribution is 0.392. The third kappa shape index (κ3) is 2.93. The Balaban J connectivity index is 1.76. The van der Waals surface area contributed by atoms with E-state index in [4.69, 9.17) is 0 Å². The number of hydrogen-bond acceptors (Lipinski definition) is 3. The number of rotatable bonds is 5. The molecule has 0 aromatic heterocycles. The number of amidine groups is 1. The van der Waals surface area contributed by atoms with Gasteiger partial charge in [0.1, 0.15) is 0 Å². The van der Waals surface area contributed by atoms with Gasteiger partial charge in [0.05, 0.1) is 6.54 Å². The first-order chi connectivity index (χ1) is 7.74. The highest BCUT2D eigenvalue weighted by molar-refractivity contribution is 8.14. The average molecular weight is 240 g/mol. The van der Waals surface area contributed by atoms with E-state index in [0.29, 0.717) is 6.04 Å². The van der Waals surface area contributed by atoms with Gasteiger partial charge in [0.2, 0.25) is 0 Å². The van der Waals surface area contributed by atoms with Crippen LogP contribution >= 0.6 is 11.8 Å². The van der Waals surface area contributed by atoms with Gasteiger partial charge in [-0.2, -0.15) is 0 Å². The molecule has 0 aromatic rings. The van der Waals surface area contributed by atoms with Crippen molar-refractivity contribution in [3.63, 3.8) is 0 Å². The number of hydrogen-bond donors (Lipinski definition) is 1. The van der Waals surface area contributed by atoms with E-state index in [9.17, 15) is 0 Å². The number of nitrogens with one attached hydrogen (secondary N) is 1. The third-order valence-electron chi connectivity index (χ3n) is 3.93.